The molecule has 0 aliphatic heterocycles. The molecule has 0 aliphatic rings. The van der Waals surface area contributed by atoms with Crippen molar-refractivity contribution in [2.75, 3.05) is 20.1 Å². The summed E-state index contributed by atoms with van der Waals surface area (Å²) in [7, 11) is 2.17. The van der Waals surface area contributed by atoms with Crippen LogP contribution in [-0.2, 0) is 0 Å². The van der Waals surface area contributed by atoms with Crippen molar-refractivity contribution >= 4 is 10.9 Å². The van der Waals surface area contributed by atoms with Gasteiger partial charge in [0.2, 0.25) is 0 Å². The topological polar surface area (TPSA) is 41.9 Å². The molecule has 4 heteroatoms. The molecule has 1 aromatic carbocycles. The van der Waals surface area contributed by atoms with Crippen molar-refractivity contribution in [3.63, 3.8) is 0 Å². The smallest absolute Gasteiger partial charge is 0.116 e. The molecule has 1 unspecified atom stereocenters. The molecule has 0 fully saturated rings. The average molecular weight is 320 g/mol. The zero-order chi connectivity index (χ0) is 16.9. The number of hydrogen-bond acceptors (Lipinski definition) is 4. The molecule has 3 aromatic rings. The molecular weight excluding hydrogens is 296 g/mol. The first-order valence-corrected chi connectivity index (χ1v) is 8.51. The van der Waals surface area contributed by atoms with E-state index in [0.717, 1.165) is 36.0 Å². The Labute approximate surface area is 143 Å². The van der Waals surface area contributed by atoms with Gasteiger partial charge in [-0.3, -0.25) is 4.98 Å². The summed E-state index contributed by atoms with van der Waals surface area (Å²) in [6.45, 7) is 6.64. The summed E-state index contributed by atoms with van der Waals surface area (Å²) in [5, 5.41) is 1.09. The van der Waals surface area contributed by atoms with Gasteiger partial charge in [0.05, 0.1) is 5.52 Å². The van der Waals surface area contributed by atoms with Gasteiger partial charge in [-0.2, -0.15) is 0 Å². The van der Waals surface area contributed by atoms with Gasteiger partial charge >= 0.3 is 0 Å². The van der Waals surface area contributed by atoms with Crippen molar-refractivity contribution in [1.29, 1.82) is 0 Å². The Morgan fingerprint density at radius 3 is 2.75 bits per heavy atom. The first-order valence-electron chi connectivity index (χ1n) is 8.51. The second kappa shape index (κ2) is 7.49. The van der Waals surface area contributed by atoms with Crippen LogP contribution in [0.1, 0.15) is 31.7 Å². The number of nitrogens with zero attached hydrogens (tertiary/aromatic N) is 4. The molecular formula is C20H24N4. The minimum atomic E-state index is 0.438. The molecule has 124 valence electrons. The molecule has 0 N–H and O–H groups in total. The summed E-state index contributed by atoms with van der Waals surface area (Å²) in [6.07, 6.45) is 8.36. The van der Waals surface area contributed by atoms with E-state index >= 15 is 0 Å². The number of pyridine rings is 1. The second-order valence-corrected chi connectivity index (χ2v) is 6.35. The summed E-state index contributed by atoms with van der Waals surface area (Å²) in [5.41, 5.74) is 4.65. The monoisotopic (exact) mass is 320 g/mol. The van der Waals surface area contributed by atoms with Gasteiger partial charge in [0.15, 0.2) is 0 Å². The number of aromatic nitrogens is 3. The predicted octanol–water partition coefficient (Wildman–Crippen LogP) is 4.14. The van der Waals surface area contributed by atoms with Gasteiger partial charge in [-0.15, -0.1) is 0 Å². The van der Waals surface area contributed by atoms with Crippen molar-refractivity contribution in [1.82, 2.24) is 19.9 Å². The third kappa shape index (κ3) is 3.60. The van der Waals surface area contributed by atoms with Crippen molar-refractivity contribution in [3.05, 3.63) is 54.7 Å². The molecule has 0 bridgehead atoms. The molecule has 0 radical (unpaired) electrons. The SMILES string of the molecule is CCN(C)CCC(C)c1cc(-c2cccnc2)cc2cncnc12. The lowest BCUT2D eigenvalue weighted by Gasteiger charge is -2.19. The standard InChI is InChI=1S/C20H24N4/c1-4-24(3)9-7-15(2)19-11-17(16-6-5-8-21-12-16)10-18-13-22-14-23-20(18)19/h5-6,8,10-15H,4,7,9H2,1-3H3. The summed E-state index contributed by atoms with van der Waals surface area (Å²) < 4.78 is 0. The molecule has 0 aliphatic carbocycles. The Kier molecular flexibility index (Phi) is 5.16. The van der Waals surface area contributed by atoms with Gasteiger partial charge in [0.25, 0.3) is 0 Å². The third-order valence-electron chi connectivity index (χ3n) is 4.65. The lowest BCUT2D eigenvalue weighted by molar-refractivity contribution is 0.337. The van der Waals surface area contributed by atoms with Gasteiger partial charge in [0.1, 0.15) is 6.33 Å². The van der Waals surface area contributed by atoms with Crippen LogP contribution in [0.2, 0.25) is 0 Å². The fraction of sp³-hybridized carbons (Fsp3) is 0.350. The van der Waals surface area contributed by atoms with Crippen LogP contribution >= 0.6 is 0 Å². The fourth-order valence-electron chi connectivity index (χ4n) is 2.94. The van der Waals surface area contributed by atoms with Crippen molar-refractivity contribution in [2.45, 2.75) is 26.2 Å². The second-order valence-electron chi connectivity index (χ2n) is 6.35. The van der Waals surface area contributed by atoms with Crippen LogP contribution in [0.3, 0.4) is 0 Å². The Balaban J connectivity index is 2.01. The minimum absolute atomic E-state index is 0.438. The van der Waals surface area contributed by atoms with E-state index in [9.17, 15) is 0 Å². The highest BCUT2D eigenvalue weighted by Gasteiger charge is 2.14. The molecule has 2 heterocycles. The molecule has 0 spiro atoms. The average Bonchev–Trinajstić information content (AvgIpc) is 2.65. The van der Waals surface area contributed by atoms with Crippen LogP contribution in [0, 0.1) is 0 Å². The summed E-state index contributed by atoms with van der Waals surface area (Å²) in [6, 6.07) is 8.49. The highest BCUT2D eigenvalue weighted by atomic mass is 15.1. The maximum atomic E-state index is 4.54. The highest BCUT2D eigenvalue weighted by Crippen LogP contribution is 2.31. The van der Waals surface area contributed by atoms with Gasteiger partial charge in [-0.05, 0) is 61.8 Å². The molecule has 0 saturated carbocycles. The van der Waals surface area contributed by atoms with Crippen molar-refractivity contribution in [3.8, 4) is 11.1 Å². The molecule has 0 saturated heterocycles. The van der Waals surface area contributed by atoms with Crippen LogP contribution in [0.15, 0.2) is 49.2 Å². The molecule has 2 aromatic heterocycles. The Morgan fingerprint density at radius 2 is 2.00 bits per heavy atom. The van der Waals surface area contributed by atoms with Gasteiger partial charge in [0, 0.05) is 29.5 Å². The Bertz CT molecular complexity index is 801. The van der Waals surface area contributed by atoms with Crippen LogP contribution in [0.5, 0.6) is 0 Å². The Morgan fingerprint density at radius 1 is 1.12 bits per heavy atom. The lowest BCUT2D eigenvalue weighted by atomic mass is 9.92. The minimum Gasteiger partial charge on any atom is -0.307 e. The molecule has 24 heavy (non-hydrogen) atoms. The summed E-state index contributed by atoms with van der Waals surface area (Å²) >= 11 is 0. The summed E-state index contributed by atoms with van der Waals surface area (Å²) in [4.78, 5) is 15.3. The quantitative estimate of drug-likeness (QED) is 0.684. The molecule has 3 rings (SSSR count). The van der Waals surface area contributed by atoms with Gasteiger partial charge < -0.3 is 4.90 Å². The zero-order valence-corrected chi connectivity index (χ0v) is 14.6. The van der Waals surface area contributed by atoms with E-state index < -0.39 is 0 Å². The molecule has 1 atom stereocenters. The number of rotatable bonds is 6. The van der Waals surface area contributed by atoms with E-state index in [4.69, 9.17) is 0 Å². The van der Waals surface area contributed by atoms with Gasteiger partial charge in [-0.1, -0.05) is 19.9 Å². The van der Waals surface area contributed by atoms with E-state index in [2.05, 4.69) is 58.9 Å². The lowest BCUT2D eigenvalue weighted by Crippen LogP contribution is -2.20. The maximum Gasteiger partial charge on any atom is 0.116 e. The number of hydrogen-bond donors (Lipinski definition) is 0. The van der Waals surface area contributed by atoms with Crippen LogP contribution in [-0.4, -0.2) is 40.0 Å². The van der Waals surface area contributed by atoms with Crippen molar-refractivity contribution < 1.29 is 0 Å². The van der Waals surface area contributed by atoms with Crippen LogP contribution in [0.4, 0.5) is 0 Å². The highest BCUT2D eigenvalue weighted by molar-refractivity contribution is 5.87. The van der Waals surface area contributed by atoms with E-state index in [0.29, 0.717) is 5.92 Å². The normalized spacial score (nSPS) is 12.7. The van der Waals surface area contributed by atoms with E-state index in [-0.39, 0.29) is 0 Å². The predicted molar refractivity (Wildman–Crippen MR) is 99.0 cm³/mol. The first kappa shape index (κ1) is 16.5. The largest absolute Gasteiger partial charge is 0.307 e. The number of benzene rings is 1. The summed E-state index contributed by atoms with van der Waals surface area (Å²) in [5.74, 6) is 0.438. The Hall–Kier alpha value is -2.33. The number of fused-ring (bicyclic) bond motifs is 1. The van der Waals surface area contributed by atoms with E-state index in [1.165, 1.54) is 11.1 Å². The van der Waals surface area contributed by atoms with Gasteiger partial charge in [-0.25, -0.2) is 9.97 Å². The molecule has 4 nitrogen and oxygen atoms in total. The third-order valence-corrected chi connectivity index (χ3v) is 4.65. The van der Waals surface area contributed by atoms with Crippen molar-refractivity contribution in [2.24, 2.45) is 0 Å². The van der Waals surface area contributed by atoms with E-state index in [1.807, 2.05) is 18.5 Å². The van der Waals surface area contributed by atoms with Crippen LogP contribution < -0.4 is 0 Å². The zero-order valence-electron chi connectivity index (χ0n) is 14.6. The first-order chi connectivity index (χ1) is 11.7. The van der Waals surface area contributed by atoms with Crippen LogP contribution in [0.25, 0.3) is 22.0 Å². The van der Waals surface area contributed by atoms with E-state index in [1.54, 1.807) is 12.5 Å². The molecule has 0 amide bonds. The fourth-order valence-corrected chi connectivity index (χ4v) is 2.94. The maximum absolute atomic E-state index is 4.54.